The van der Waals surface area contributed by atoms with E-state index in [1.165, 1.54) is 31.7 Å². The van der Waals surface area contributed by atoms with E-state index in [-0.39, 0.29) is 22.3 Å². The first-order valence-electron chi connectivity index (χ1n) is 11.4. The molecule has 2 aromatic carbocycles. The van der Waals surface area contributed by atoms with Crippen LogP contribution in [0.1, 0.15) is 66.2 Å². The monoisotopic (exact) mass is 489 g/mol. The molecule has 1 aliphatic rings. The molecule has 0 radical (unpaired) electrons. The predicted octanol–water partition coefficient (Wildman–Crippen LogP) is 3.17. The molecule has 3 rings (SSSR count). The van der Waals surface area contributed by atoms with Crippen LogP contribution in [0, 0.1) is 0 Å². The molecular formula is C24H31N3O6S. The van der Waals surface area contributed by atoms with E-state index in [9.17, 15) is 18.0 Å². The molecule has 1 fully saturated rings. The Labute approximate surface area is 200 Å². The fourth-order valence-electron chi connectivity index (χ4n) is 3.19. The molecule has 2 aromatic rings. The number of rotatable bonds is 12. The van der Waals surface area contributed by atoms with Crippen LogP contribution < -0.4 is 25.0 Å². The first kappa shape index (κ1) is 25.5. The van der Waals surface area contributed by atoms with Gasteiger partial charge in [0.15, 0.2) is 0 Å². The lowest BCUT2D eigenvalue weighted by Crippen LogP contribution is -2.41. The summed E-state index contributed by atoms with van der Waals surface area (Å²) in [5, 5.41) is 0. The van der Waals surface area contributed by atoms with Gasteiger partial charge in [-0.05, 0) is 61.7 Å². The zero-order valence-electron chi connectivity index (χ0n) is 19.4. The van der Waals surface area contributed by atoms with E-state index in [0.717, 1.165) is 32.1 Å². The maximum Gasteiger partial charge on any atom is 0.269 e. The van der Waals surface area contributed by atoms with Gasteiger partial charge in [0.1, 0.15) is 16.4 Å². The molecule has 0 unspecified atom stereocenters. The van der Waals surface area contributed by atoms with E-state index in [1.54, 1.807) is 24.3 Å². The number of sulfonamides is 1. The van der Waals surface area contributed by atoms with Crippen molar-refractivity contribution in [3.63, 3.8) is 0 Å². The molecule has 0 aromatic heterocycles. The van der Waals surface area contributed by atoms with Gasteiger partial charge in [-0.25, -0.2) is 13.1 Å². The zero-order valence-corrected chi connectivity index (χ0v) is 20.2. The number of methoxy groups -OCH3 is 1. The Morgan fingerprint density at radius 2 is 1.59 bits per heavy atom. The maximum atomic E-state index is 12.6. The van der Waals surface area contributed by atoms with Gasteiger partial charge >= 0.3 is 0 Å². The van der Waals surface area contributed by atoms with Crippen LogP contribution in [0.2, 0.25) is 0 Å². The van der Waals surface area contributed by atoms with Gasteiger partial charge in [-0.2, -0.15) is 0 Å². The third-order valence-electron chi connectivity index (χ3n) is 5.29. The van der Waals surface area contributed by atoms with Crippen LogP contribution in [-0.4, -0.2) is 40.0 Å². The van der Waals surface area contributed by atoms with E-state index in [1.807, 2.05) is 0 Å². The van der Waals surface area contributed by atoms with E-state index < -0.39 is 21.8 Å². The van der Waals surface area contributed by atoms with Gasteiger partial charge in [0.2, 0.25) is 10.0 Å². The molecule has 0 aliphatic heterocycles. The lowest BCUT2D eigenvalue weighted by molar-refractivity contribution is 0.0846. The van der Waals surface area contributed by atoms with Gasteiger partial charge < -0.3 is 9.47 Å². The number of hydrogen-bond acceptors (Lipinski definition) is 6. The largest absolute Gasteiger partial charge is 0.495 e. The number of unbranched alkanes of at least 4 members (excludes halogenated alkanes) is 3. The molecule has 1 saturated carbocycles. The highest BCUT2D eigenvalue weighted by molar-refractivity contribution is 7.89. The van der Waals surface area contributed by atoms with Crippen molar-refractivity contribution >= 4 is 21.8 Å². The third-order valence-corrected chi connectivity index (χ3v) is 6.83. The lowest BCUT2D eigenvalue weighted by atomic mass is 10.2. The smallest absolute Gasteiger partial charge is 0.269 e. The highest BCUT2D eigenvalue weighted by Crippen LogP contribution is 2.28. The van der Waals surface area contributed by atoms with Gasteiger partial charge in [-0.1, -0.05) is 26.2 Å². The normalized spacial score (nSPS) is 13.2. The van der Waals surface area contributed by atoms with Crippen LogP contribution in [-0.2, 0) is 10.0 Å². The molecule has 0 bridgehead atoms. The average Bonchev–Trinajstić information content (AvgIpc) is 3.65. The Kier molecular flexibility index (Phi) is 8.89. The summed E-state index contributed by atoms with van der Waals surface area (Å²) in [6.07, 6.45) is 6.00. The Bertz CT molecular complexity index is 1100. The Hall–Kier alpha value is -3.11. The van der Waals surface area contributed by atoms with Gasteiger partial charge in [-0.15, -0.1) is 0 Å². The molecule has 2 amide bonds. The summed E-state index contributed by atoms with van der Waals surface area (Å²) in [6.45, 7) is 2.77. The van der Waals surface area contributed by atoms with Gasteiger partial charge in [0.05, 0.1) is 13.7 Å². The summed E-state index contributed by atoms with van der Waals surface area (Å²) < 4.78 is 38.6. The molecule has 0 heterocycles. The van der Waals surface area contributed by atoms with Gasteiger partial charge in [-0.3, -0.25) is 20.4 Å². The SMILES string of the molecule is CCCCCCOc1ccc(C(=O)NNC(=O)c2ccc(OC)c(S(=O)(=O)NC3CC3)c2)cc1. The van der Waals surface area contributed by atoms with Gasteiger partial charge in [0.25, 0.3) is 11.8 Å². The molecule has 1 aliphatic carbocycles. The number of amides is 2. The van der Waals surface area contributed by atoms with E-state index in [0.29, 0.717) is 17.9 Å². The maximum absolute atomic E-state index is 12.6. The second-order valence-corrected chi connectivity index (χ2v) is 9.79. The number of hydrogen-bond donors (Lipinski definition) is 3. The van der Waals surface area contributed by atoms with Crippen molar-refractivity contribution in [1.29, 1.82) is 0 Å². The van der Waals surface area contributed by atoms with Crippen LogP contribution in [0.15, 0.2) is 47.4 Å². The van der Waals surface area contributed by atoms with Crippen LogP contribution in [0.4, 0.5) is 0 Å². The standard InChI is InChI=1S/C24H31N3O6S/c1-3-4-5-6-15-33-20-12-7-17(8-13-20)23(28)25-26-24(29)18-9-14-21(32-2)22(16-18)34(30,31)27-19-10-11-19/h7-9,12-14,16,19,27H,3-6,10-11,15H2,1-2H3,(H,25,28)(H,26,29). The quantitative estimate of drug-likeness (QED) is 0.311. The molecule has 184 valence electrons. The summed E-state index contributed by atoms with van der Waals surface area (Å²) in [4.78, 5) is 24.8. The van der Waals surface area contributed by atoms with Crippen molar-refractivity contribution in [1.82, 2.24) is 15.6 Å². The van der Waals surface area contributed by atoms with Crippen molar-refractivity contribution in [3.8, 4) is 11.5 Å². The van der Waals surface area contributed by atoms with Crippen molar-refractivity contribution in [2.24, 2.45) is 0 Å². The molecule has 0 atom stereocenters. The molecule has 0 spiro atoms. The highest BCUT2D eigenvalue weighted by atomic mass is 32.2. The predicted molar refractivity (Wildman–Crippen MR) is 127 cm³/mol. The number of benzene rings is 2. The van der Waals surface area contributed by atoms with Crippen LogP contribution in [0.5, 0.6) is 11.5 Å². The highest BCUT2D eigenvalue weighted by Gasteiger charge is 2.30. The first-order valence-corrected chi connectivity index (χ1v) is 12.9. The zero-order chi connectivity index (χ0) is 24.6. The first-order chi connectivity index (χ1) is 16.3. The summed E-state index contributed by atoms with van der Waals surface area (Å²) in [5.74, 6) is -0.379. The van der Waals surface area contributed by atoms with Crippen molar-refractivity contribution in [2.75, 3.05) is 13.7 Å². The summed E-state index contributed by atoms with van der Waals surface area (Å²) in [7, 11) is -2.48. The Morgan fingerprint density at radius 3 is 2.21 bits per heavy atom. The molecule has 9 nitrogen and oxygen atoms in total. The van der Waals surface area contributed by atoms with Crippen LogP contribution in [0.25, 0.3) is 0 Å². The summed E-state index contributed by atoms with van der Waals surface area (Å²) in [5.41, 5.74) is 5.04. The molecule has 3 N–H and O–H groups in total. The van der Waals surface area contributed by atoms with Crippen LogP contribution >= 0.6 is 0 Å². The Balaban J connectivity index is 1.56. The lowest BCUT2D eigenvalue weighted by Gasteiger charge is -2.13. The fourth-order valence-corrected chi connectivity index (χ4v) is 4.69. The number of ether oxygens (including phenoxy) is 2. The van der Waals surface area contributed by atoms with Crippen molar-refractivity contribution in [2.45, 2.75) is 56.4 Å². The summed E-state index contributed by atoms with van der Waals surface area (Å²) in [6, 6.07) is 10.5. The second kappa shape index (κ2) is 11.8. The number of nitrogens with one attached hydrogen (secondary N) is 3. The molecule has 10 heteroatoms. The molecule has 0 saturated heterocycles. The average molecular weight is 490 g/mol. The number of carbonyl (C=O) groups is 2. The van der Waals surface area contributed by atoms with E-state index in [2.05, 4.69) is 22.5 Å². The fraction of sp³-hybridized carbons (Fsp3) is 0.417. The van der Waals surface area contributed by atoms with E-state index >= 15 is 0 Å². The molecular weight excluding hydrogens is 458 g/mol. The third kappa shape index (κ3) is 7.19. The number of carbonyl (C=O) groups excluding carboxylic acids is 2. The second-order valence-electron chi connectivity index (χ2n) is 8.10. The topological polar surface area (TPSA) is 123 Å². The summed E-state index contributed by atoms with van der Waals surface area (Å²) >= 11 is 0. The van der Waals surface area contributed by atoms with Crippen LogP contribution in [0.3, 0.4) is 0 Å². The van der Waals surface area contributed by atoms with Gasteiger partial charge in [0, 0.05) is 17.2 Å². The minimum atomic E-state index is -3.84. The minimum absolute atomic E-state index is 0.0593. The minimum Gasteiger partial charge on any atom is -0.495 e. The number of hydrazine groups is 1. The van der Waals surface area contributed by atoms with E-state index in [4.69, 9.17) is 9.47 Å². The van der Waals surface area contributed by atoms with Crippen molar-refractivity contribution < 1.29 is 27.5 Å². The molecule has 34 heavy (non-hydrogen) atoms. The van der Waals surface area contributed by atoms with Crippen molar-refractivity contribution in [3.05, 3.63) is 53.6 Å². The Morgan fingerprint density at radius 1 is 0.941 bits per heavy atom.